The lowest BCUT2D eigenvalue weighted by molar-refractivity contribution is 0.00578. The molecule has 1 aliphatic rings. The topological polar surface area (TPSA) is 45.8 Å². The molecule has 128 valence electrons. The maximum atomic E-state index is 6.13. The van der Waals surface area contributed by atoms with Gasteiger partial charge in [-0.2, -0.15) is 0 Å². The Morgan fingerprint density at radius 1 is 1.14 bits per heavy atom. The lowest BCUT2D eigenvalue weighted by Gasteiger charge is -2.32. The van der Waals surface area contributed by atoms with Gasteiger partial charge < -0.3 is 24.8 Å². The normalized spacial score (nSPS) is 22.5. The fourth-order valence-electron chi connectivity index (χ4n) is 2.16. The summed E-state index contributed by atoms with van der Waals surface area (Å²) >= 11 is 0. The van der Waals surface area contributed by atoms with Gasteiger partial charge in [0.1, 0.15) is 5.82 Å². The summed E-state index contributed by atoms with van der Waals surface area (Å²) in [6, 6.07) is 0. The molecule has 5 nitrogen and oxygen atoms in total. The summed E-state index contributed by atoms with van der Waals surface area (Å²) in [5.41, 5.74) is -0.596. The van der Waals surface area contributed by atoms with E-state index in [1.807, 2.05) is 14.1 Å². The van der Waals surface area contributed by atoms with Crippen molar-refractivity contribution >= 4 is 7.12 Å². The summed E-state index contributed by atoms with van der Waals surface area (Å²) in [5.74, 6) is 1.07. The van der Waals surface area contributed by atoms with Crippen LogP contribution in [-0.4, -0.2) is 48.8 Å². The van der Waals surface area contributed by atoms with Gasteiger partial charge in [0, 0.05) is 25.8 Å². The van der Waals surface area contributed by atoms with Crippen LogP contribution in [-0.2, 0) is 9.31 Å². The predicted molar refractivity (Wildman–Crippen MR) is 93.3 cm³/mol. The van der Waals surface area contributed by atoms with Crippen LogP contribution >= 0.6 is 0 Å². The van der Waals surface area contributed by atoms with Gasteiger partial charge in [0.2, 0.25) is 0 Å². The second-order valence-corrected chi connectivity index (χ2v) is 8.20. The molecule has 1 saturated heterocycles. The third-order valence-corrected chi connectivity index (χ3v) is 4.42. The van der Waals surface area contributed by atoms with Crippen molar-refractivity contribution in [3.8, 4) is 0 Å². The largest absolute Gasteiger partial charge is 0.481 e. The predicted octanol–water partition coefficient (Wildman–Crippen LogP) is 2.34. The van der Waals surface area contributed by atoms with Crippen LogP contribution < -0.4 is 10.6 Å². The number of rotatable bonds is 5. The molecule has 0 spiro atoms. The first-order valence-electron chi connectivity index (χ1n) is 8.04. The minimum Gasteiger partial charge on any atom is -0.402 e. The van der Waals surface area contributed by atoms with Crippen LogP contribution in [0.1, 0.15) is 55.4 Å². The van der Waals surface area contributed by atoms with Gasteiger partial charge in [0.15, 0.2) is 0 Å². The molecule has 0 aromatic rings. The molecule has 0 aromatic carbocycles. The van der Waals surface area contributed by atoms with Gasteiger partial charge in [-0.25, -0.2) is 0 Å². The Morgan fingerprint density at radius 3 is 1.95 bits per heavy atom. The van der Waals surface area contributed by atoms with E-state index in [4.69, 9.17) is 9.31 Å². The van der Waals surface area contributed by atoms with Crippen LogP contribution in [0.15, 0.2) is 12.0 Å². The molecule has 1 unspecified atom stereocenters. The minimum atomic E-state index is -0.300. The zero-order valence-corrected chi connectivity index (χ0v) is 16.0. The highest BCUT2D eigenvalue weighted by Gasteiger charge is 2.53. The zero-order valence-electron chi connectivity index (χ0n) is 16.0. The highest BCUT2D eigenvalue weighted by Crippen LogP contribution is 2.38. The van der Waals surface area contributed by atoms with E-state index < -0.39 is 0 Å². The quantitative estimate of drug-likeness (QED) is 0.763. The van der Waals surface area contributed by atoms with Crippen LogP contribution in [0.3, 0.4) is 0 Å². The average molecular weight is 311 g/mol. The monoisotopic (exact) mass is 311 g/mol. The molecule has 0 aromatic heterocycles. The lowest BCUT2D eigenvalue weighted by atomic mass is 9.79. The van der Waals surface area contributed by atoms with Gasteiger partial charge in [-0.05, 0) is 55.4 Å². The van der Waals surface area contributed by atoms with Crippen molar-refractivity contribution in [3.63, 3.8) is 0 Å². The average Bonchev–Trinajstić information content (AvgIpc) is 2.54. The van der Waals surface area contributed by atoms with Crippen molar-refractivity contribution in [1.82, 2.24) is 15.5 Å². The van der Waals surface area contributed by atoms with Crippen LogP contribution in [0.4, 0.5) is 0 Å². The highest BCUT2D eigenvalue weighted by molar-refractivity contribution is 6.47. The van der Waals surface area contributed by atoms with E-state index in [-0.39, 0.29) is 29.8 Å². The Morgan fingerprint density at radius 2 is 1.59 bits per heavy atom. The molecule has 0 amide bonds. The molecule has 1 aliphatic heterocycles. The minimum absolute atomic E-state index is 0.00324. The van der Waals surface area contributed by atoms with Crippen LogP contribution in [0.5, 0.6) is 0 Å². The molecule has 2 N–H and O–H groups in total. The first-order chi connectivity index (χ1) is 9.79. The van der Waals surface area contributed by atoms with Gasteiger partial charge in [0.25, 0.3) is 0 Å². The standard InChI is InChI=1S/C16H34BN3O2/c1-12(17-21-15(5,6)16(7,8)22-17)20(10)11-13(18-9)19-14(2,3)4/h11-12,18-19H,1-10H3/b13-11+. The van der Waals surface area contributed by atoms with Crippen molar-refractivity contribution < 1.29 is 9.31 Å². The van der Waals surface area contributed by atoms with Crippen molar-refractivity contribution in [3.05, 3.63) is 12.0 Å². The summed E-state index contributed by atoms with van der Waals surface area (Å²) in [6.45, 7) is 16.8. The zero-order chi connectivity index (χ0) is 17.3. The third kappa shape index (κ3) is 4.56. The fraction of sp³-hybridized carbons (Fsp3) is 0.875. The molecule has 1 atom stereocenters. The number of nitrogens with one attached hydrogen (secondary N) is 2. The van der Waals surface area contributed by atoms with Crippen LogP contribution in [0.2, 0.25) is 0 Å². The van der Waals surface area contributed by atoms with Crippen molar-refractivity contribution in [1.29, 1.82) is 0 Å². The second-order valence-electron chi connectivity index (χ2n) is 8.20. The van der Waals surface area contributed by atoms with Gasteiger partial charge >= 0.3 is 7.12 Å². The Hall–Kier alpha value is -0.875. The maximum absolute atomic E-state index is 6.13. The van der Waals surface area contributed by atoms with Crippen LogP contribution in [0.25, 0.3) is 0 Å². The molecule has 0 aliphatic carbocycles. The molecular weight excluding hydrogens is 277 g/mol. The van der Waals surface area contributed by atoms with Gasteiger partial charge in [0.05, 0.1) is 17.1 Å². The van der Waals surface area contributed by atoms with Crippen molar-refractivity contribution in [2.75, 3.05) is 14.1 Å². The number of hydrogen-bond acceptors (Lipinski definition) is 5. The summed E-state index contributed by atoms with van der Waals surface area (Å²) in [6.07, 6.45) is 2.06. The molecular formula is C16H34BN3O2. The summed E-state index contributed by atoms with van der Waals surface area (Å²) < 4.78 is 12.3. The fourth-order valence-corrected chi connectivity index (χ4v) is 2.16. The van der Waals surface area contributed by atoms with Gasteiger partial charge in [-0.1, -0.05) is 0 Å². The SMILES string of the molecule is CN/C(=C\N(C)C(C)B1OC(C)(C)C(C)(C)O1)NC(C)(C)C. The van der Waals surface area contributed by atoms with E-state index in [9.17, 15) is 0 Å². The summed E-state index contributed by atoms with van der Waals surface area (Å²) in [7, 11) is 3.70. The molecule has 0 radical (unpaired) electrons. The first-order valence-corrected chi connectivity index (χ1v) is 8.04. The van der Waals surface area contributed by atoms with E-state index in [0.29, 0.717) is 0 Å². The number of hydrogen-bond donors (Lipinski definition) is 2. The Kier molecular flexibility index (Phi) is 5.51. The van der Waals surface area contributed by atoms with Gasteiger partial charge in [-0.15, -0.1) is 0 Å². The molecule has 22 heavy (non-hydrogen) atoms. The first kappa shape index (κ1) is 19.2. The summed E-state index contributed by atoms with van der Waals surface area (Å²) in [4.78, 5) is 2.12. The lowest BCUT2D eigenvalue weighted by Crippen LogP contribution is -2.44. The molecule has 6 heteroatoms. The van der Waals surface area contributed by atoms with Crippen molar-refractivity contribution in [2.45, 2.75) is 78.1 Å². The second kappa shape index (κ2) is 6.32. The van der Waals surface area contributed by atoms with Crippen molar-refractivity contribution in [2.24, 2.45) is 0 Å². The maximum Gasteiger partial charge on any atom is 0.481 e. The molecule has 0 saturated carbocycles. The molecule has 1 fully saturated rings. The smallest absolute Gasteiger partial charge is 0.402 e. The Labute approximate surface area is 136 Å². The Balaban J connectivity index is 2.79. The molecule has 1 heterocycles. The van der Waals surface area contributed by atoms with E-state index in [2.05, 4.69) is 77.1 Å². The summed E-state index contributed by atoms with van der Waals surface area (Å²) in [5, 5.41) is 6.64. The van der Waals surface area contributed by atoms with E-state index in [0.717, 1.165) is 5.82 Å². The third-order valence-electron chi connectivity index (χ3n) is 4.42. The molecule has 1 rings (SSSR count). The van der Waals surface area contributed by atoms with Crippen LogP contribution in [0, 0.1) is 0 Å². The highest BCUT2D eigenvalue weighted by atomic mass is 16.7. The van der Waals surface area contributed by atoms with E-state index in [1.54, 1.807) is 0 Å². The molecule has 0 bridgehead atoms. The van der Waals surface area contributed by atoms with E-state index in [1.165, 1.54) is 0 Å². The number of nitrogens with zero attached hydrogens (tertiary/aromatic N) is 1. The Bertz CT molecular complexity index is 400. The van der Waals surface area contributed by atoms with E-state index >= 15 is 0 Å². The van der Waals surface area contributed by atoms with Gasteiger partial charge in [-0.3, -0.25) is 0 Å².